The fraction of sp³-hybridized carbons (Fsp3) is 0.444. The summed E-state index contributed by atoms with van der Waals surface area (Å²) in [5.41, 5.74) is 0.618. The van der Waals surface area contributed by atoms with Crippen molar-refractivity contribution in [2.24, 2.45) is 7.05 Å². The average molecular weight is 345 g/mol. The monoisotopic (exact) mass is 345 g/mol. The van der Waals surface area contributed by atoms with Crippen molar-refractivity contribution in [1.29, 1.82) is 0 Å². The number of urea groups is 1. The van der Waals surface area contributed by atoms with Crippen molar-refractivity contribution < 1.29 is 9.90 Å². The van der Waals surface area contributed by atoms with Gasteiger partial charge in [-0.1, -0.05) is 30.3 Å². The van der Waals surface area contributed by atoms with E-state index in [1.165, 1.54) is 0 Å². The highest BCUT2D eigenvalue weighted by Gasteiger charge is 2.25. The molecule has 0 radical (unpaired) electrons. The standard InChI is InChI=1S/C18H27N5O2/c1-18(25,15-10-21-23(4)12-15)13-20-17(24)19-11-16(22(2)3)14-8-6-5-7-9-14/h5-10,12,16,25H,11,13H2,1-4H3,(H2,19,20,24). The van der Waals surface area contributed by atoms with Crippen molar-refractivity contribution in [1.82, 2.24) is 25.3 Å². The summed E-state index contributed by atoms with van der Waals surface area (Å²) in [4.78, 5) is 14.2. The van der Waals surface area contributed by atoms with E-state index in [9.17, 15) is 9.90 Å². The Kier molecular flexibility index (Phi) is 6.17. The maximum atomic E-state index is 12.1. The van der Waals surface area contributed by atoms with Crippen LogP contribution in [-0.2, 0) is 12.6 Å². The van der Waals surface area contributed by atoms with E-state index in [2.05, 4.69) is 20.6 Å². The molecule has 1 aromatic carbocycles. The van der Waals surface area contributed by atoms with Gasteiger partial charge in [-0.3, -0.25) is 4.68 Å². The van der Waals surface area contributed by atoms with E-state index in [1.54, 1.807) is 31.0 Å². The Balaban J connectivity index is 1.87. The molecule has 1 heterocycles. The van der Waals surface area contributed by atoms with Gasteiger partial charge in [0.15, 0.2) is 0 Å². The molecule has 1 aromatic heterocycles. The van der Waals surface area contributed by atoms with Crippen LogP contribution in [0.25, 0.3) is 0 Å². The molecule has 2 amide bonds. The minimum atomic E-state index is -1.17. The number of rotatable bonds is 7. The average Bonchev–Trinajstić information content (AvgIpc) is 3.01. The summed E-state index contributed by atoms with van der Waals surface area (Å²) in [6.45, 7) is 2.22. The van der Waals surface area contributed by atoms with Gasteiger partial charge in [0.05, 0.1) is 18.8 Å². The van der Waals surface area contributed by atoms with Gasteiger partial charge in [0.25, 0.3) is 0 Å². The zero-order valence-corrected chi connectivity index (χ0v) is 15.2. The third-order valence-corrected chi connectivity index (χ3v) is 4.18. The number of aliphatic hydroxyl groups is 1. The van der Waals surface area contributed by atoms with Gasteiger partial charge < -0.3 is 20.6 Å². The van der Waals surface area contributed by atoms with Crippen LogP contribution in [0.3, 0.4) is 0 Å². The predicted molar refractivity (Wildman–Crippen MR) is 97.1 cm³/mol. The lowest BCUT2D eigenvalue weighted by molar-refractivity contribution is 0.0592. The van der Waals surface area contributed by atoms with Gasteiger partial charge in [-0.15, -0.1) is 0 Å². The number of nitrogens with one attached hydrogen (secondary N) is 2. The second-order valence-electron chi connectivity index (χ2n) is 6.63. The van der Waals surface area contributed by atoms with E-state index in [1.807, 2.05) is 44.4 Å². The molecule has 3 N–H and O–H groups in total. The van der Waals surface area contributed by atoms with Crippen molar-refractivity contribution in [3.05, 3.63) is 53.9 Å². The lowest BCUT2D eigenvalue weighted by Gasteiger charge is -2.26. The quantitative estimate of drug-likeness (QED) is 0.705. The molecule has 0 aliphatic rings. The molecule has 136 valence electrons. The molecule has 0 spiro atoms. The Morgan fingerprint density at radius 2 is 2.00 bits per heavy atom. The first-order valence-electron chi connectivity index (χ1n) is 8.24. The van der Waals surface area contributed by atoms with Crippen LogP contribution >= 0.6 is 0 Å². The minimum absolute atomic E-state index is 0.0748. The molecule has 2 aromatic rings. The van der Waals surface area contributed by atoms with E-state index in [4.69, 9.17) is 0 Å². The number of amides is 2. The summed E-state index contributed by atoms with van der Waals surface area (Å²) >= 11 is 0. The largest absolute Gasteiger partial charge is 0.383 e. The van der Waals surface area contributed by atoms with Crippen LogP contribution in [0.1, 0.15) is 24.1 Å². The molecular formula is C18H27N5O2. The highest BCUT2D eigenvalue weighted by molar-refractivity contribution is 5.74. The fourth-order valence-electron chi connectivity index (χ4n) is 2.58. The van der Waals surface area contributed by atoms with E-state index in [-0.39, 0.29) is 18.6 Å². The molecule has 0 saturated carbocycles. The zero-order valence-electron chi connectivity index (χ0n) is 15.2. The SMILES string of the molecule is CN(C)C(CNC(=O)NCC(C)(O)c1cnn(C)c1)c1ccccc1. The highest BCUT2D eigenvalue weighted by atomic mass is 16.3. The maximum absolute atomic E-state index is 12.1. The normalized spacial score (nSPS) is 14.8. The third kappa shape index (κ3) is 5.30. The van der Waals surface area contributed by atoms with Gasteiger partial charge in [-0.05, 0) is 26.6 Å². The zero-order chi connectivity index (χ0) is 18.4. The van der Waals surface area contributed by atoms with E-state index >= 15 is 0 Å². The molecule has 7 nitrogen and oxygen atoms in total. The van der Waals surface area contributed by atoms with Crippen LogP contribution in [0, 0.1) is 0 Å². The Hall–Kier alpha value is -2.38. The van der Waals surface area contributed by atoms with Crippen molar-refractivity contribution in [3.63, 3.8) is 0 Å². The summed E-state index contributed by atoms with van der Waals surface area (Å²) in [5.74, 6) is 0. The summed E-state index contributed by atoms with van der Waals surface area (Å²) in [6.07, 6.45) is 3.33. The molecule has 25 heavy (non-hydrogen) atoms. The minimum Gasteiger partial charge on any atom is -0.383 e. The Labute approximate surface area is 148 Å². The molecule has 0 aliphatic carbocycles. The second-order valence-corrected chi connectivity index (χ2v) is 6.63. The van der Waals surface area contributed by atoms with Gasteiger partial charge in [0, 0.05) is 25.4 Å². The van der Waals surface area contributed by atoms with Crippen LogP contribution in [0.2, 0.25) is 0 Å². The summed E-state index contributed by atoms with van der Waals surface area (Å²) in [5, 5.41) is 20.1. The van der Waals surface area contributed by atoms with Crippen molar-refractivity contribution in [2.75, 3.05) is 27.2 Å². The van der Waals surface area contributed by atoms with Crippen LogP contribution in [0.15, 0.2) is 42.7 Å². The molecule has 0 aliphatic heterocycles. The van der Waals surface area contributed by atoms with Gasteiger partial charge in [-0.25, -0.2) is 4.79 Å². The molecule has 0 bridgehead atoms. The van der Waals surface area contributed by atoms with E-state index in [0.717, 1.165) is 5.56 Å². The highest BCUT2D eigenvalue weighted by Crippen LogP contribution is 2.19. The Morgan fingerprint density at radius 3 is 2.56 bits per heavy atom. The number of likely N-dealkylation sites (N-methyl/N-ethyl adjacent to an activating group) is 1. The van der Waals surface area contributed by atoms with Gasteiger partial charge in [-0.2, -0.15) is 5.10 Å². The topological polar surface area (TPSA) is 82.4 Å². The molecule has 2 atom stereocenters. The summed E-state index contributed by atoms with van der Waals surface area (Å²) < 4.78 is 1.62. The van der Waals surface area contributed by atoms with Gasteiger partial charge in [0.2, 0.25) is 0 Å². The number of aryl methyl sites for hydroxylation is 1. The van der Waals surface area contributed by atoms with Gasteiger partial charge >= 0.3 is 6.03 Å². The first-order chi connectivity index (χ1) is 11.8. The molecule has 7 heteroatoms. The number of carbonyl (C=O) groups excluding carboxylic acids is 1. The van der Waals surface area contributed by atoms with E-state index < -0.39 is 5.60 Å². The van der Waals surface area contributed by atoms with Crippen molar-refractivity contribution >= 4 is 6.03 Å². The molecular weight excluding hydrogens is 318 g/mol. The van der Waals surface area contributed by atoms with Crippen LogP contribution in [0.4, 0.5) is 4.79 Å². The fourth-order valence-corrected chi connectivity index (χ4v) is 2.58. The first-order valence-corrected chi connectivity index (χ1v) is 8.24. The van der Waals surface area contributed by atoms with Crippen LogP contribution in [0.5, 0.6) is 0 Å². The number of carbonyl (C=O) groups is 1. The summed E-state index contributed by atoms with van der Waals surface area (Å²) in [7, 11) is 5.74. The summed E-state index contributed by atoms with van der Waals surface area (Å²) in [6, 6.07) is 9.78. The Bertz CT molecular complexity index is 682. The van der Waals surface area contributed by atoms with Crippen molar-refractivity contribution in [3.8, 4) is 0 Å². The predicted octanol–water partition coefficient (Wildman–Crippen LogP) is 1.23. The number of hydrogen-bond donors (Lipinski definition) is 3. The molecule has 0 fully saturated rings. The lowest BCUT2D eigenvalue weighted by atomic mass is 10.00. The lowest BCUT2D eigenvalue weighted by Crippen LogP contribution is -2.45. The number of aromatic nitrogens is 2. The maximum Gasteiger partial charge on any atom is 0.314 e. The van der Waals surface area contributed by atoms with Crippen LogP contribution in [-0.4, -0.2) is 53.0 Å². The Morgan fingerprint density at radius 1 is 1.32 bits per heavy atom. The molecule has 2 unspecified atom stereocenters. The third-order valence-electron chi connectivity index (χ3n) is 4.18. The molecule has 2 rings (SSSR count). The number of nitrogens with zero attached hydrogens (tertiary/aromatic N) is 3. The van der Waals surface area contributed by atoms with Gasteiger partial charge in [0.1, 0.15) is 5.60 Å². The number of benzene rings is 1. The second kappa shape index (κ2) is 8.13. The molecule has 0 saturated heterocycles. The smallest absolute Gasteiger partial charge is 0.314 e. The van der Waals surface area contributed by atoms with Crippen molar-refractivity contribution in [2.45, 2.75) is 18.6 Å². The number of hydrogen-bond acceptors (Lipinski definition) is 4. The van der Waals surface area contributed by atoms with E-state index in [0.29, 0.717) is 12.1 Å². The first kappa shape index (κ1) is 19.0. The van der Waals surface area contributed by atoms with Crippen LogP contribution < -0.4 is 10.6 Å².